The van der Waals surface area contributed by atoms with E-state index in [4.69, 9.17) is 10.7 Å². The maximum absolute atomic E-state index is 11.2. The Bertz CT molecular complexity index is 232. The van der Waals surface area contributed by atoms with Crippen molar-refractivity contribution in [2.24, 2.45) is 0 Å². The molecule has 15 heavy (non-hydrogen) atoms. The Balaban J connectivity index is 3.97. The highest BCUT2D eigenvalue weighted by Crippen LogP contribution is 2.11. The SMILES string of the molecule is CCCCCN(CCCCC)S(=O)(=O)Cl. The van der Waals surface area contributed by atoms with E-state index in [-0.39, 0.29) is 0 Å². The first kappa shape index (κ1) is 15.2. The number of halogens is 1. The van der Waals surface area contributed by atoms with Crippen molar-refractivity contribution in [2.45, 2.75) is 52.4 Å². The summed E-state index contributed by atoms with van der Waals surface area (Å²) in [5, 5.41) is 0. The molecule has 0 rings (SSSR count). The molecule has 0 spiro atoms. The molecule has 0 aliphatic carbocycles. The predicted octanol–water partition coefficient (Wildman–Crippen LogP) is 3.15. The van der Waals surface area contributed by atoms with E-state index in [1.165, 1.54) is 4.31 Å². The van der Waals surface area contributed by atoms with E-state index >= 15 is 0 Å². The summed E-state index contributed by atoms with van der Waals surface area (Å²) in [5.41, 5.74) is 0. The van der Waals surface area contributed by atoms with E-state index < -0.39 is 9.24 Å². The quantitative estimate of drug-likeness (QED) is 0.469. The smallest absolute Gasteiger partial charge is 0.195 e. The molecule has 0 aromatic carbocycles. The van der Waals surface area contributed by atoms with Gasteiger partial charge in [-0.1, -0.05) is 39.5 Å². The van der Waals surface area contributed by atoms with E-state index in [1.807, 2.05) is 0 Å². The predicted molar refractivity (Wildman–Crippen MR) is 65.4 cm³/mol. The molecule has 0 saturated carbocycles. The molecule has 0 aliphatic heterocycles. The Morgan fingerprint density at radius 1 is 0.933 bits per heavy atom. The molecular formula is C10H22ClNO2S. The highest BCUT2D eigenvalue weighted by atomic mass is 35.7. The van der Waals surface area contributed by atoms with Gasteiger partial charge in [0.25, 0.3) is 9.24 Å². The normalized spacial score (nSPS) is 12.3. The van der Waals surface area contributed by atoms with Gasteiger partial charge in [-0.05, 0) is 12.8 Å². The third-order valence-electron chi connectivity index (χ3n) is 2.33. The van der Waals surface area contributed by atoms with E-state index in [9.17, 15) is 8.42 Å². The van der Waals surface area contributed by atoms with Gasteiger partial charge in [-0.25, -0.2) is 0 Å². The number of rotatable bonds is 9. The van der Waals surface area contributed by atoms with Gasteiger partial charge < -0.3 is 0 Å². The van der Waals surface area contributed by atoms with Crippen molar-refractivity contribution in [3.05, 3.63) is 0 Å². The molecule has 0 N–H and O–H groups in total. The summed E-state index contributed by atoms with van der Waals surface area (Å²) < 4.78 is 23.8. The largest absolute Gasteiger partial charge is 0.299 e. The molecule has 3 nitrogen and oxygen atoms in total. The minimum Gasteiger partial charge on any atom is -0.195 e. The summed E-state index contributed by atoms with van der Waals surface area (Å²) in [5.74, 6) is 0. The second kappa shape index (κ2) is 8.36. The van der Waals surface area contributed by atoms with Gasteiger partial charge in [0, 0.05) is 23.8 Å². The third kappa shape index (κ3) is 8.05. The zero-order valence-electron chi connectivity index (χ0n) is 9.71. The van der Waals surface area contributed by atoms with Gasteiger partial charge in [0.05, 0.1) is 0 Å². The van der Waals surface area contributed by atoms with Crippen LogP contribution >= 0.6 is 10.7 Å². The first-order valence-corrected chi connectivity index (χ1v) is 7.98. The Morgan fingerprint density at radius 3 is 1.60 bits per heavy atom. The first-order valence-electron chi connectivity index (χ1n) is 5.72. The Morgan fingerprint density at radius 2 is 1.33 bits per heavy atom. The van der Waals surface area contributed by atoms with Crippen LogP contribution in [0.3, 0.4) is 0 Å². The van der Waals surface area contributed by atoms with Crippen molar-refractivity contribution in [1.29, 1.82) is 0 Å². The van der Waals surface area contributed by atoms with E-state index in [2.05, 4.69) is 13.8 Å². The molecule has 0 heterocycles. The molecule has 0 aliphatic rings. The van der Waals surface area contributed by atoms with Crippen LogP contribution in [0.1, 0.15) is 52.4 Å². The molecule has 0 aromatic heterocycles. The maximum Gasteiger partial charge on any atom is 0.299 e. The standard InChI is InChI=1S/C10H22ClNO2S/c1-3-5-7-9-12(15(11,13)14)10-8-6-4-2/h3-10H2,1-2H3. The highest BCUT2D eigenvalue weighted by Gasteiger charge is 2.17. The zero-order valence-corrected chi connectivity index (χ0v) is 11.3. The third-order valence-corrected chi connectivity index (χ3v) is 3.90. The lowest BCUT2D eigenvalue weighted by Crippen LogP contribution is -2.29. The molecule has 0 aromatic rings. The van der Waals surface area contributed by atoms with Crippen LogP contribution < -0.4 is 0 Å². The molecular weight excluding hydrogens is 234 g/mol. The summed E-state index contributed by atoms with van der Waals surface area (Å²) in [4.78, 5) is 0. The number of hydrogen-bond acceptors (Lipinski definition) is 2. The molecule has 0 unspecified atom stereocenters. The van der Waals surface area contributed by atoms with Crippen molar-refractivity contribution >= 4 is 19.9 Å². The van der Waals surface area contributed by atoms with E-state index in [0.717, 1.165) is 38.5 Å². The van der Waals surface area contributed by atoms with Gasteiger partial charge in [-0.3, -0.25) is 0 Å². The summed E-state index contributed by atoms with van der Waals surface area (Å²) >= 11 is 0. The van der Waals surface area contributed by atoms with Crippen molar-refractivity contribution in [3.8, 4) is 0 Å². The van der Waals surface area contributed by atoms with Crippen LogP contribution in [0.25, 0.3) is 0 Å². The summed E-state index contributed by atoms with van der Waals surface area (Å²) in [6.07, 6.45) is 6.08. The monoisotopic (exact) mass is 255 g/mol. The summed E-state index contributed by atoms with van der Waals surface area (Å²) in [6.45, 7) is 5.31. The molecule has 0 amide bonds. The fourth-order valence-corrected chi connectivity index (χ4v) is 2.51. The summed E-state index contributed by atoms with van der Waals surface area (Å²) in [7, 11) is 1.83. The number of nitrogens with zero attached hydrogens (tertiary/aromatic N) is 1. The van der Waals surface area contributed by atoms with Crippen LogP contribution in [0.2, 0.25) is 0 Å². The minimum atomic E-state index is -3.52. The number of hydrogen-bond donors (Lipinski definition) is 0. The van der Waals surface area contributed by atoms with Crippen molar-refractivity contribution in [1.82, 2.24) is 4.31 Å². The first-order chi connectivity index (χ1) is 7.02. The van der Waals surface area contributed by atoms with Crippen molar-refractivity contribution in [3.63, 3.8) is 0 Å². The van der Waals surface area contributed by atoms with Gasteiger partial charge in [-0.2, -0.15) is 12.7 Å². The Hall–Kier alpha value is 0.200. The van der Waals surface area contributed by atoms with Gasteiger partial charge in [0.2, 0.25) is 0 Å². The fraction of sp³-hybridized carbons (Fsp3) is 1.00. The molecule has 92 valence electrons. The van der Waals surface area contributed by atoms with Gasteiger partial charge in [0.15, 0.2) is 0 Å². The molecule has 0 atom stereocenters. The Kier molecular flexibility index (Phi) is 8.47. The second-order valence-corrected chi connectivity index (χ2v) is 6.27. The molecule has 0 fully saturated rings. The van der Waals surface area contributed by atoms with E-state index in [1.54, 1.807) is 0 Å². The average Bonchev–Trinajstić information content (AvgIpc) is 2.14. The zero-order chi connectivity index (χ0) is 11.7. The topological polar surface area (TPSA) is 37.4 Å². The molecule has 0 bridgehead atoms. The molecule has 0 saturated heterocycles. The van der Waals surface area contributed by atoms with Crippen LogP contribution in [-0.2, 0) is 9.24 Å². The molecule has 0 radical (unpaired) electrons. The van der Waals surface area contributed by atoms with Gasteiger partial charge in [-0.15, -0.1) is 0 Å². The van der Waals surface area contributed by atoms with Gasteiger partial charge >= 0.3 is 0 Å². The molecule has 5 heteroatoms. The van der Waals surface area contributed by atoms with Crippen LogP contribution in [0.15, 0.2) is 0 Å². The highest BCUT2D eigenvalue weighted by molar-refractivity contribution is 8.11. The van der Waals surface area contributed by atoms with Crippen LogP contribution in [-0.4, -0.2) is 25.8 Å². The van der Waals surface area contributed by atoms with Crippen LogP contribution in [0, 0.1) is 0 Å². The second-order valence-electron chi connectivity index (χ2n) is 3.76. The average molecular weight is 256 g/mol. The van der Waals surface area contributed by atoms with Gasteiger partial charge in [0.1, 0.15) is 0 Å². The van der Waals surface area contributed by atoms with Crippen molar-refractivity contribution in [2.75, 3.05) is 13.1 Å². The number of unbranched alkanes of at least 4 members (excludes halogenated alkanes) is 4. The fourth-order valence-electron chi connectivity index (χ4n) is 1.41. The lowest BCUT2D eigenvalue weighted by Gasteiger charge is -2.17. The van der Waals surface area contributed by atoms with Crippen molar-refractivity contribution < 1.29 is 8.42 Å². The lowest BCUT2D eigenvalue weighted by atomic mass is 10.2. The minimum absolute atomic E-state index is 0.559. The van der Waals surface area contributed by atoms with Crippen LogP contribution in [0.4, 0.5) is 0 Å². The summed E-state index contributed by atoms with van der Waals surface area (Å²) in [6, 6.07) is 0. The Labute approximate surface area is 98.4 Å². The lowest BCUT2D eigenvalue weighted by molar-refractivity contribution is 0.397. The maximum atomic E-state index is 11.2. The van der Waals surface area contributed by atoms with E-state index in [0.29, 0.717) is 13.1 Å². The van der Waals surface area contributed by atoms with Crippen LogP contribution in [0.5, 0.6) is 0 Å².